The van der Waals surface area contributed by atoms with Gasteiger partial charge in [-0.25, -0.2) is 0 Å². The molecule has 0 aliphatic rings. The van der Waals surface area contributed by atoms with Crippen LogP contribution in [0, 0.1) is 6.92 Å². The molecular formula is C18H20N2O3. The zero-order valence-electron chi connectivity index (χ0n) is 13.2. The van der Waals surface area contributed by atoms with Crippen LogP contribution in [0.2, 0.25) is 0 Å². The second-order valence-corrected chi connectivity index (χ2v) is 5.14. The van der Waals surface area contributed by atoms with E-state index in [1.165, 1.54) is 0 Å². The molecule has 5 nitrogen and oxygen atoms in total. The summed E-state index contributed by atoms with van der Waals surface area (Å²) in [5, 5.41) is 0. The molecule has 1 atom stereocenters. The Kier molecular flexibility index (Phi) is 5.74. The molecule has 0 aliphatic carbocycles. The zero-order valence-corrected chi connectivity index (χ0v) is 13.2. The Hall–Kier alpha value is -2.82. The number of ether oxygens (including phenoxy) is 1. The molecule has 2 aromatic carbocycles. The first kappa shape index (κ1) is 16.5. The van der Waals surface area contributed by atoms with Crippen molar-refractivity contribution in [1.82, 2.24) is 10.9 Å². The summed E-state index contributed by atoms with van der Waals surface area (Å²) in [6, 6.07) is 16.2. The van der Waals surface area contributed by atoms with Gasteiger partial charge in [0.25, 0.3) is 11.8 Å². The predicted octanol–water partition coefficient (Wildman–Crippen LogP) is 2.61. The SMILES string of the molecule is CCC(Oc1ccccc1)C(=O)NNC(=O)c1cccc(C)c1. The quantitative estimate of drug-likeness (QED) is 0.834. The largest absolute Gasteiger partial charge is 0.481 e. The number of hydrazine groups is 1. The molecular weight excluding hydrogens is 292 g/mol. The zero-order chi connectivity index (χ0) is 16.7. The molecule has 0 spiro atoms. The van der Waals surface area contributed by atoms with E-state index in [0.717, 1.165) is 5.56 Å². The maximum atomic E-state index is 12.1. The van der Waals surface area contributed by atoms with Gasteiger partial charge in [0.05, 0.1) is 0 Å². The predicted molar refractivity (Wildman–Crippen MR) is 87.9 cm³/mol. The second kappa shape index (κ2) is 7.98. The van der Waals surface area contributed by atoms with Gasteiger partial charge in [0, 0.05) is 5.56 Å². The topological polar surface area (TPSA) is 67.4 Å². The molecule has 0 radical (unpaired) electrons. The van der Waals surface area contributed by atoms with Crippen LogP contribution in [0.25, 0.3) is 0 Å². The molecule has 2 aromatic rings. The van der Waals surface area contributed by atoms with Crippen molar-refractivity contribution in [2.24, 2.45) is 0 Å². The molecule has 2 N–H and O–H groups in total. The third kappa shape index (κ3) is 4.85. The van der Waals surface area contributed by atoms with Crippen molar-refractivity contribution >= 4 is 11.8 Å². The van der Waals surface area contributed by atoms with Crippen LogP contribution in [0.3, 0.4) is 0 Å². The van der Waals surface area contributed by atoms with Crippen LogP contribution in [0.4, 0.5) is 0 Å². The fourth-order valence-corrected chi connectivity index (χ4v) is 2.04. The number of benzene rings is 2. The summed E-state index contributed by atoms with van der Waals surface area (Å²) >= 11 is 0. The van der Waals surface area contributed by atoms with E-state index in [-0.39, 0.29) is 5.91 Å². The van der Waals surface area contributed by atoms with Crippen molar-refractivity contribution in [2.45, 2.75) is 26.4 Å². The van der Waals surface area contributed by atoms with E-state index in [1.807, 2.05) is 38.1 Å². The minimum Gasteiger partial charge on any atom is -0.481 e. The van der Waals surface area contributed by atoms with Gasteiger partial charge in [-0.15, -0.1) is 0 Å². The Morgan fingerprint density at radius 2 is 1.78 bits per heavy atom. The first-order chi connectivity index (χ1) is 11.1. The highest BCUT2D eigenvalue weighted by molar-refractivity contribution is 5.95. The minimum absolute atomic E-state index is 0.364. The van der Waals surface area contributed by atoms with Crippen LogP contribution in [0.1, 0.15) is 29.3 Å². The normalized spacial score (nSPS) is 11.4. The van der Waals surface area contributed by atoms with Crippen LogP contribution in [0.5, 0.6) is 5.75 Å². The van der Waals surface area contributed by atoms with Crippen LogP contribution in [-0.4, -0.2) is 17.9 Å². The summed E-state index contributed by atoms with van der Waals surface area (Å²) in [7, 11) is 0. The molecule has 0 heterocycles. The van der Waals surface area contributed by atoms with E-state index < -0.39 is 12.0 Å². The first-order valence-corrected chi connectivity index (χ1v) is 7.48. The van der Waals surface area contributed by atoms with Gasteiger partial charge >= 0.3 is 0 Å². The number of hydrogen-bond acceptors (Lipinski definition) is 3. The van der Waals surface area contributed by atoms with Gasteiger partial charge in [0.1, 0.15) is 5.75 Å². The van der Waals surface area contributed by atoms with Gasteiger partial charge in [-0.05, 0) is 37.6 Å². The van der Waals surface area contributed by atoms with Crippen molar-refractivity contribution in [3.63, 3.8) is 0 Å². The smallest absolute Gasteiger partial charge is 0.279 e. The Labute approximate surface area is 135 Å². The van der Waals surface area contributed by atoms with Gasteiger partial charge in [-0.1, -0.05) is 42.8 Å². The van der Waals surface area contributed by atoms with Crippen LogP contribution >= 0.6 is 0 Å². The fourth-order valence-electron chi connectivity index (χ4n) is 2.04. The van der Waals surface area contributed by atoms with E-state index in [9.17, 15) is 9.59 Å². The second-order valence-electron chi connectivity index (χ2n) is 5.14. The molecule has 2 amide bonds. The van der Waals surface area contributed by atoms with E-state index in [0.29, 0.717) is 17.7 Å². The average molecular weight is 312 g/mol. The highest BCUT2D eigenvalue weighted by atomic mass is 16.5. The van der Waals surface area contributed by atoms with Crippen molar-refractivity contribution in [3.8, 4) is 5.75 Å². The Balaban J connectivity index is 1.91. The standard InChI is InChI=1S/C18H20N2O3/c1-3-16(23-15-10-5-4-6-11-15)18(22)20-19-17(21)14-9-7-8-13(2)12-14/h4-12,16H,3H2,1-2H3,(H,19,21)(H,20,22). The van der Waals surface area contributed by atoms with Crippen molar-refractivity contribution in [1.29, 1.82) is 0 Å². The molecule has 120 valence electrons. The number of carbonyl (C=O) groups is 2. The molecule has 0 aliphatic heterocycles. The number of hydrogen-bond donors (Lipinski definition) is 2. The number of aryl methyl sites for hydroxylation is 1. The number of carbonyl (C=O) groups excluding carboxylic acids is 2. The molecule has 2 rings (SSSR count). The van der Waals surface area contributed by atoms with E-state index in [4.69, 9.17) is 4.74 Å². The Bertz CT molecular complexity index is 671. The molecule has 0 fully saturated rings. The van der Waals surface area contributed by atoms with Crippen LogP contribution in [0.15, 0.2) is 54.6 Å². The molecule has 0 bridgehead atoms. The molecule has 5 heteroatoms. The number of amides is 2. The summed E-state index contributed by atoms with van der Waals surface area (Å²) in [5.74, 6) is -0.145. The summed E-state index contributed by atoms with van der Waals surface area (Å²) in [6.45, 7) is 3.74. The molecule has 23 heavy (non-hydrogen) atoms. The first-order valence-electron chi connectivity index (χ1n) is 7.48. The Morgan fingerprint density at radius 3 is 2.43 bits per heavy atom. The van der Waals surface area contributed by atoms with E-state index >= 15 is 0 Å². The van der Waals surface area contributed by atoms with Gasteiger partial charge in [0.2, 0.25) is 0 Å². The lowest BCUT2D eigenvalue weighted by molar-refractivity contribution is -0.128. The van der Waals surface area contributed by atoms with Crippen molar-refractivity contribution in [3.05, 3.63) is 65.7 Å². The van der Waals surface area contributed by atoms with Crippen LogP contribution < -0.4 is 15.6 Å². The lowest BCUT2D eigenvalue weighted by atomic mass is 10.1. The summed E-state index contributed by atoms with van der Waals surface area (Å²) in [4.78, 5) is 24.1. The van der Waals surface area contributed by atoms with Gasteiger partial charge in [0.15, 0.2) is 6.10 Å². The lowest BCUT2D eigenvalue weighted by Gasteiger charge is -2.17. The molecule has 0 aromatic heterocycles. The third-order valence-electron chi connectivity index (χ3n) is 3.26. The highest BCUT2D eigenvalue weighted by Crippen LogP contribution is 2.12. The van der Waals surface area contributed by atoms with Gasteiger partial charge < -0.3 is 4.74 Å². The summed E-state index contributed by atoms with van der Waals surface area (Å²) in [5.41, 5.74) is 6.28. The summed E-state index contributed by atoms with van der Waals surface area (Å²) in [6.07, 6.45) is -0.184. The monoisotopic (exact) mass is 312 g/mol. The molecule has 0 saturated heterocycles. The van der Waals surface area contributed by atoms with Crippen molar-refractivity contribution in [2.75, 3.05) is 0 Å². The minimum atomic E-state index is -0.671. The highest BCUT2D eigenvalue weighted by Gasteiger charge is 2.19. The average Bonchev–Trinajstić information content (AvgIpc) is 2.58. The van der Waals surface area contributed by atoms with E-state index in [2.05, 4.69) is 10.9 Å². The molecule has 0 saturated carbocycles. The van der Waals surface area contributed by atoms with E-state index in [1.54, 1.807) is 30.3 Å². The molecule has 1 unspecified atom stereocenters. The fraction of sp³-hybridized carbons (Fsp3) is 0.222. The summed E-state index contributed by atoms with van der Waals surface area (Å²) < 4.78 is 5.62. The van der Waals surface area contributed by atoms with Gasteiger partial charge in [-0.2, -0.15) is 0 Å². The number of nitrogens with one attached hydrogen (secondary N) is 2. The van der Waals surface area contributed by atoms with Gasteiger partial charge in [-0.3, -0.25) is 20.4 Å². The number of rotatable bonds is 5. The Morgan fingerprint density at radius 1 is 1.04 bits per heavy atom. The maximum Gasteiger partial charge on any atom is 0.279 e. The lowest BCUT2D eigenvalue weighted by Crippen LogP contribution is -2.47. The number of para-hydroxylation sites is 1. The maximum absolute atomic E-state index is 12.1. The third-order valence-corrected chi connectivity index (χ3v) is 3.26. The van der Waals surface area contributed by atoms with Crippen LogP contribution in [-0.2, 0) is 4.79 Å². The van der Waals surface area contributed by atoms with Crippen molar-refractivity contribution < 1.29 is 14.3 Å².